The number of hydrogen-bond donors (Lipinski definition) is 1. The van der Waals surface area contributed by atoms with Crippen molar-refractivity contribution in [3.63, 3.8) is 0 Å². The second-order valence-electron chi connectivity index (χ2n) is 6.66. The minimum absolute atomic E-state index is 0.0505. The lowest BCUT2D eigenvalue weighted by Gasteiger charge is -2.16. The van der Waals surface area contributed by atoms with Crippen LogP contribution in [-0.2, 0) is 0 Å². The first-order valence-corrected chi connectivity index (χ1v) is 9.03. The summed E-state index contributed by atoms with van der Waals surface area (Å²) < 4.78 is 6.63. The molecule has 0 unspecified atom stereocenters. The van der Waals surface area contributed by atoms with E-state index in [4.69, 9.17) is 10.4 Å². The zero-order valence-electron chi connectivity index (χ0n) is 14.9. The molecule has 5 rings (SSSR count). The van der Waals surface area contributed by atoms with Gasteiger partial charge in [-0.05, 0) is 35.3 Å². The van der Waals surface area contributed by atoms with Crippen LogP contribution in [0.25, 0.3) is 28.2 Å². The number of carbonyl (C=O) groups is 1. The minimum Gasteiger partial charge on any atom is -0.379 e. The molecule has 1 aromatic carbocycles. The van der Waals surface area contributed by atoms with Gasteiger partial charge in [0.1, 0.15) is 5.52 Å². The van der Waals surface area contributed by atoms with Crippen molar-refractivity contribution in [1.82, 2.24) is 29.7 Å². The van der Waals surface area contributed by atoms with E-state index in [1.54, 1.807) is 12.4 Å². The van der Waals surface area contributed by atoms with Gasteiger partial charge in [0, 0.05) is 25.0 Å². The van der Waals surface area contributed by atoms with E-state index in [0.717, 1.165) is 31.6 Å². The van der Waals surface area contributed by atoms with Gasteiger partial charge < -0.3 is 10.6 Å². The molecule has 0 aliphatic carbocycles. The molecule has 0 saturated carbocycles. The minimum atomic E-state index is -0.0505. The summed E-state index contributed by atoms with van der Waals surface area (Å²) in [6.07, 6.45) is 5.25. The van der Waals surface area contributed by atoms with Crippen molar-refractivity contribution in [2.45, 2.75) is 12.8 Å². The predicted molar refractivity (Wildman–Crippen MR) is 102 cm³/mol. The summed E-state index contributed by atoms with van der Waals surface area (Å²) in [4.78, 5) is 23.9. The molecule has 0 bridgehead atoms. The van der Waals surface area contributed by atoms with Crippen LogP contribution in [0.4, 0.5) is 5.82 Å². The summed E-state index contributed by atoms with van der Waals surface area (Å²) in [5.74, 6) is 0.529. The van der Waals surface area contributed by atoms with Crippen molar-refractivity contribution in [3.05, 3.63) is 48.3 Å². The summed E-state index contributed by atoms with van der Waals surface area (Å²) in [5, 5.41) is 7.58. The molecule has 1 fully saturated rings. The number of fused-ring (bicyclic) bond motifs is 1. The number of imidazole rings is 1. The van der Waals surface area contributed by atoms with E-state index in [9.17, 15) is 4.79 Å². The van der Waals surface area contributed by atoms with Crippen LogP contribution in [0.2, 0.25) is 0 Å². The van der Waals surface area contributed by atoms with Crippen LogP contribution >= 0.6 is 0 Å². The van der Waals surface area contributed by atoms with Crippen LogP contribution in [0, 0.1) is 0 Å². The quantitative estimate of drug-likeness (QED) is 0.584. The number of aromatic nitrogens is 5. The maximum atomic E-state index is 13.2. The Kier molecular flexibility index (Phi) is 3.78. The lowest BCUT2D eigenvalue weighted by atomic mass is 10.2. The average molecular weight is 375 g/mol. The number of nitrogen functional groups attached to an aromatic ring is 1. The summed E-state index contributed by atoms with van der Waals surface area (Å²) in [5.41, 5.74) is 8.80. The molecule has 1 saturated heterocycles. The van der Waals surface area contributed by atoms with Gasteiger partial charge in [0.15, 0.2) is 17.3 Å². The van der Waals surface area contributed by atoms with E-state index in [-0.39, 0.29) is 11.7 Å². The Morgan fingerprint density at radius 1 is 1.07 bits per heavy atom. The molecule has 140 valence electrons. The van der Waals surface area contributed by atoms with E-state index < -0.39 is 0 Å². The van der Waals surface area contributed by atoms with Gasteiger partial charge >= 0.3 is 0 Å². The number of carbonyl (C=O) groups excluding carboxylic acids is 1. The number of nitrogens with zero attached hydrogens (tertiary/aromatic N) is 6. The van der Waals surface area contributed by atoms with Gasteiger partial charge in [-0.25, -0.2) is 9.61 Å². The number of nitrogens with two attached hydrogens (primary N) is 1. The Hall–Kier alpha value is -3.75. The van der Waals surface area contributed by atoms with Crippen LogP contribution in [0.5, 0.6) is 0 Å². The highest BCUT2D eigenvalue weighted by atomic mass is 16.6. The fourth-order valence-corrected chi connectivity index (χ4v) is 3.61. The molecule has 4 heterocycles. The third kappa shape index (κ3) is 2.51. The number of pyridine rings is 1. The van der Waals surface area contributed by atoms with Crippen molar-refractivity contribution in [2.24, 2.45) is 0 Å². The third-order valence-electron chi connectivity index (χ3n) is 4.92. The fraction of sp³-hybridized carbons (Fsp3) is 0.211. The van der Waals surface area contributed by atoms with Crippen molar-refractivity contribution in [1.29, 1.82) is 0 Å². The summed E-state index contributed by atoms with van der Waals surface area (Å²) in [6, 6.07) is 9.61. The van der Waals surface area contributed by atoms with Gasteiger partial charge in [-0.15, -0.1) is 0 Å². The smallest absolute Gasteiger partial charge is 0.257 e. The van der Waals surface area contributed by atoms with Gasteiger partial charge in [0.2, 0.25) is 0 Å². The second-order valence-corrected chi connectivity index (χ2v) is 6.66. The van der Waals surface area contributed by atoms with Gasteiger partial charge in [0.25, 0.3) is 5.91 Å². The van der Waals surface area contributed by atoms with Gasteiger partial charge in [-0.1, -0.05) is 18.2 Å². The molecule has 3 aromatic heterocycles. The first kappa shape index (κ1) is 16.4. The lowest BCUT2D eigenvalue weighted by Crippen LogP contribution is -2.28. The molecule has 0 atom stereocenters. The number of rotatable bonds is 3. The number of anilines is 1. The molecule has 2 N–H and O–H groups in total. The van der Waals surface area contributed by atoms with E-state index in [2.05, 4.69) is 20.3 Å². The summed E-state index contributed by atoms with van der Waals surface area (Å²) >= 11 is 0. The SMILES string of the molecule is Nc1nonc1-c1nc2cncc(C(=O)N3CCCC3)c2n1-c1ccccc1. The molecular formula is C19H17N7O2. The predicted octanol–water partition coefficient (Wildman–Crippen LogP) is 2.29. The Labute approximate surface area is 159 Å². The molecule has 4 aromatic rings. The molecule has 0 spiro atoms. The van der Waals surface area contributed by atoms with Gasteiger partial charge in [-0.3, -0.25) is 14.3 Å². The van der Waals surface area contributed by atoms with Gasteiger partial charge in [0.05, 0.1) is 17.3 Å². The Bertz CT molecular complexity index is 1160. The average Bonchev–Trinajstić information content (AvgIpc) is 3.47. The number of amides is 1. The van der Waals surface area contributed by atoms with E-state index in [1.165, 1.54) is 0 Å². The van der Waals surface area contributed by atoms with Crippen LogP contribution in [0.15, 0.2) is 47.4 Å². The third-order valence-corrected chi connectivity index (χ3v) is 4.92. The summed E-state index contributed by atoms with van der Waals surface area (Å²) in [7, 11) is 0. The first-order chi connectivity index (χ1) is 13.7. The summed E-state index contributed by atoms with van der Waals surface area (Å²) in [6.45, 7) is 1.50. The van der Waals surface area contributed by atoms with Gasteiger partial charge in [-0.2, -0.15) is 0 Å². The van der Waals surface area contributed by atoms with E-state index in [1.807, 2.05) is 39.8 Å². The number of hydrogen-bond acceptors (Lipinski definition) is 7. The molecule has 28 heavy (non-hydrogen) atoms. The van der Waals surface area contributed by atoms with E-state index in [0.29, 0.717) is 28.1 Å². The molecule has 1 aliphatic heterocycles. The van der Waals surface area contributed by atoms with Crippen LogP contribution in [0.1, 0.15) is 23.2 Å². The number of likely N-dealkylation sites (tertiary alicyclic amines) is 1. The first-order valence-electron chi connectivity index (χ1n) is 9.03. The van der Waals surface area contributed by atoms with Crippen molar-refractivity contribution >= 4 is 22.8 Å². The molecule has 1 amide bonds. The Morgan fingerprint density at radius 3 is 2.57 bits per heavy atom. The van der Waals surface area contributed by atoms with Crippen molar-refractivity contribution in [3.8, 4) is 17.2 Å². The largest absolute Gasteiger partial charge is 0.379 e. The Morgan fingerprint density at radius 2 is 1.86 bits per heavy atom. The maximum Gasteiger partial charge on any atom is 0.257 e. The number of para-hydroxylation sites is 1. The highest BCUT2D eigenvalue weighted by Gasteiger charge is 2.27. The lowest BCUT2D eigenvalue weighted by molar-refractivity contribution is 0.0794. The zero-order valence-corrected chi connectivity index (χ0v) is 14.9. The topological polar surface area (TPSA) is 116 Å². The van der Waals surface area contributed by atoms with Crippen molar-refractivity contribution < 1.29 is 9.42 Å². The maximum absolute atomic E-state index is 13.2. The van der Waals surface area contributed by atoms with Crippen LogP contribution in [-0.4, -0.2) is 48.7 Å². The monoisotopic (exact) mass is 375 g/mol. The molecule has 0 radical (unpaired) electrons. The zero-order chi connectivity index (χ0) is 19.1. The standard InChI is InChI=1S/C19H17N7O2/c20-17-15(23-28-24-17)18-22-14-11-21-10-13(19(27)25-8-4-5-9-25)16(14)26(18)12-6-2-1-3-7-12/h1-3,6-7,10-11H,4-5,8-9H2,(H2,20,24). The van der Waals surface area contributed by atoms with Crippen LogP contribution < -0.4 is 5.73 Å². The Balaban J connectivity index is 1.81. The number of benzene rings is 1. The van der Waals surface area contributed by atoms with Crippen LogP contribution in [0.3, 0.4) is 0 Å². The van der Waals surface area contributed by atoms with E-state index >= 15 is 0 Å². The normalized spacial score (nSPS) is 14.1. The second kappa shape index (κ2) is 6.45. The molecule has 9 heteroatoms. The fourth-order valence-electron chi connectivity index (χ4n) is 3.61. The molecular weight excluding hydrogens is 358 g/mol. The molecule has 1 aliphatic rings. The molecule has 9 nitrogen and oxygen atoms in total. The highest BCUT2D eigenvalue weighted by Crippen LogP contribution is 2.32. The van der Waals surface area contributed by atoms with Crippen molar-refractivity contribution in [2.75, 3.05) is 18.8 Å². The highest BCUT2D eigenvalue weighted by molar-refractivity contribution is 6.06.